The number of fused-ring (bicyclic) bond motifs is 1. The van der Waals surface area contributed by atoms with Gasteiger partial charge in [0, 0.05) is 25.4 Å². The summed E-state index contributed by atoms with van der Waals surface area (Å²) >= 11 is 0. The van der Waals surface area contributed by atoms with Crippen molar-refractivity contribution in [3.05, 3.63) is 30.1 Å². The summed E-state index contributed by atoms with van der Waals surface area (Å²) in [5.41, 5.74) is 2.15. The van der Waals surface area contributed by atoms with E-state index in [1.54, 1.807) is 0 Å². The topological polar surface area (TPSA) is 61.0 Å². The van der Waals surface area contributed by atoms with Crippen LogP contribution in [0.4, 0.5) is 0 Å². The highest BCUT2D eigenvalue weighted by molar-refractivity contribution is 5.85. The van der Waals surface area contributed by atoms with Crippen molar-refractivity contribution < 1.29 is 4.79 Å². The average Bonchev–Trinajstić information content (AvgIpc) is 3.11. The zero-order valence-corrected chi connectivity index (χ0v) is 17.3. The molecule has 27 heavy (non-hydrogen) atoms. The highest BCUT2D eigenvalue weighted by Crippen LogP contribution is 2.28. The molecule has 0 saturated carbocycles. The second kappa shape index (κ2) is 10.3. The van der Waals surface area contributed by atoms with Crippen molar-refractivity contribution >= 4 is 41.8 Å². The number of halogens is 2. The first-order valence-electron chi connectivity index (χ1n) is 9.73. The van der Waals surface area contributed by atoms with Gasteiger partial charge < -0.3 is 15.2 Å². The van der Waals surface area contributed by atoms with E-state index >= 15 is 0 Å². The maximum Gasteiger partial charge on any atom is 0.222 e. The molecule has 5 nitrogen and oxygen atoms in total. The molecule has 7 heteroatoms. The standard InChI is InChI=1S/C20H28N4O.2ClH/c25-19(6-5-15-7-11-21-12-8-15)24-13-9-16(10-14-24)20-22-17-3-1-2-4-18(17)23-20;;/h1-4,15-16,21H,5-14H2,(H,22,23);2*1H. The van der Waals surface area contributed by atoms with Gasteiger partial charge in [-0.05, 0) is 63.2 Å². The first-order chi connectivity index (χ1) is 12.3. The van der Waals surface area contributed by atoms with Crippen LogP contribution in [0.1, 0.15) is 50.3 Å². The fourth-order valence-corrected chi connectivity index (χ4v) is 4.22. The Balaban J connectivity index is 0.00000131. The minimum atomic E-state index is 0. The third kappa shape index (κ3) is 5.37. The molecular formula is C20H30Cl2N4O. The van der Waals surface area contributed by atoms with Crippen LogP contribution in [0.25, 0.3) is 11.0 Å². The number of para-hydroxylation sites is 2. The number of piperidine rings is 2. The summed E-state index contributed by atoms with van der Waals surface area (Å²) in [6, 6.07) is 8.19. The van der Waals surface area contributed by atoms with Crippen LogP contribution < -0.4 is 5.32 Å². The number of hydrogen-bond acceptors (Lipinski definition) is 3. The smallest absolute Gasteiger partial charge is 0.222 e. The van der Waals surface area contributed by atoms with E-state index in [1.807, 2.05) is 12.1 Å². The van der Waals surface area contributed by atoms with Gasteiger partial charge in [-0.25, -0.2) is 4.98 Å². The Labute approximate surface area is 173 Å². The molecule has 2 N–H and O–H groups in total. The molecule has 0 radical (unpaired) electrons. The fraction of sp³-hybridized carbons (Fsp3) is 0.600. The van der Waals surface area contributed by atoms with Crippen LogP contribution >= 0.6 is 24.8 Å². The highest BCUT2D eigenvalue weighted by atomic mass is 35.5. The number of aromatic amines is 1. The van der Waals surface area contributed by atoms with E-state index in [0.29, 0.717) is 11.8 Å². The molecule has 2 saturated heterocycles. The lowest BCUT2D eigenvalue weighted by atomic mass is 9.92. The fourth-order valence-electron chi connectivity index (χ4n) is 4.22. The summed E-state index contributed by atoms with van der Waals surface area (Å²) in [5, 5.41) is 3.39. The SMILES string of the molecule is Cl.Cl.O=C(CCC1CCNCC1)N1CCC(c2nc3ccccc3[nH]2)CC1. The molecule has 0 unspecified atom stereocenters. The Morgan fingerprint density at radius 1 is 1.07 bits per heavy atom. The molecule has 2 aromatic rings. The predicted octanol–water partition coefficient (Wildman–Crippen LogP) is 3.89. The number of nitrogens with one attached hydrogen (secondary N) is 2. The van der Waals surface area contributed by atoms with Crippen LogP contribution in [0.2, 0.25) is 0 Å². The Kier molecular flexibility index (Phi) is 8.39. The van der Waals surface area contributed by atoms with Gasteiger partial charge in [0.2, 0.25) is 5.91 Å². The first-order valence-corrected chi connectivity index (χ1v) is 9.73. The molecule has 1 amide bonds. The molecule has 2 aliphatic heterocycles. The number of rotatable bonds is 4. The van der Waals surface area contributed by atoms with E-state index in [4.69, 9.17) is 4.98 Å². The van der Waals surface area contributed by atoms with Crippen molar-refractivity contribution in [1.82, 2.24) is 20.2 Å². The van der Waals surface area contributed by atoms with Crippen molar-refractivity contribution in [2.75, 3.05) is 26.2 Å². The lowest BCUT2D eigenvalue weighted by Gasteiger charge is -2.32. The van der Waals surface area contributed by atoms with Crippen LogP contribution in [0.15, 0.2) is 24.3 Å². The van der Waals surface area contributed by atoms with Crippen LogP contribution in [0.3, 0.4) is 0 Å². The van der Waals surface area contributed by atoms with Crippen LogP contribution in [-0.4, -0.2) is 47.0 Å². The molecule has 3 heterocycles. The van der Waals surface area contributed by atoms with Crippen LogP contribution in [0, 0.1) is 5.92 Å². The molecule has 0 spiro atoms. The molecule has 150 valence electrons. The van der Waals surface area contributed by atoms with E-state index in [2.05, 4.69) is 27.3 Å². The molecule has 1 aromatic heterocycles. The maximum absolute atomic E-state index is 12.5. The summed E-state index contributed by atoms with van der Waals surface area (Å²) in [5.74, 6) is 2.61. The van der Waals surface area contributed by atoms with Gasteiger partial charge in [-0.3, -0.25) is 4.79 Å². The lowest BCUT2D eigenvalue weighted by Crippen LogP contribution is -2.38. The second-order valence-electron chi connectivity index (χ2n) is 7.53. The number of amides is 1. The summed E-state index contributed by atoms with van der Waals surface area (Å²) in [4.78, 5) is 22.8. The Morgan fingerprint density at radius 2 is 1.78 bits per heavy atom. The van der Waals surface area contributed by atoms with Gasteiger partial charge in [-0.15, -0.1) is 24.8 Å². The Bertz CT molecular complexity index is 689. The predicted molar refractivity (Wildman–Crippen MR) is 114 cm³/mol. The van der Waals surface area contributed by atoms with E-state index in [-0.39, 0.29) is 24.8 Å². The van der Waals surface area contributed by atoms with Crippen molar-refractivity contribution in [1.29, 1.82) is 0 Å². The molecule has 4 rings (SSSR count). The van der Waals surface area contributed by atoms with Gasteiger partial charge in [0.15, 0.2) is 0 Å². The minimum Gasteiger partial charge on any atom is -0.343 e. The number of benzene rings is 1. The number of aromatic nitrogens is 2. The third-order valence-electron chi connectivity index (χ3n) is 5.87. The number of H-pyrrole nitrogens is 1. The first kappa shape index (κ1) is 22.0. The average molecular weight is 413 g/mol. The second-order valence-corrected chi connectivity index (χ2v) is 7.53. The zero-order chi connectivity index (χ0) is 17.1. The van der Waals surface area contributed by atoms with Crippen molar-refractivity contribution in [2.24, 2.45) is 5.92 Å². The number of carbonyl (C=O) groups is 1. The normalized spacial score (nSPS) is 18.7. The monoisotopic (exact) mass is 412 g/mol. The molecule has 0 atom stereocenters. The molecular weight excluding hydrogens is 383 g/mol. The minimum absolute atomic E-state index is 0. The number of nitrogens with zero attached hydrogens (tertiary/aromatic N) is 2. The zero-order valence-electron chi connectivity index (χ0n) is 15.7. The van der Waals surface area contributed by atoms with Gasteiger partial charge in [-0.2, -0.15) is 0 Å². The largest absolute Gasteiger partial charge is 0.343 e. The van der Waals surface area contributed by atoms with Crippen LogP contribution in [-0.2, 0) is 4.79 Å². The molecule has 1 aromatic carbocycles. The van der Waals surface area contributed by atoms with Gasteiger partial charge in [-0.1, -0.05) is 12.1 Å². The van der Waals surface area contributed by atoms with E-state index in [1.165, 1.54) is 12.8 Å². The van der Waals surface area contributed by atoms with Crippen molar-refractivity contribution in [2.45, 2.75) is 44.4 Å². The number of carbonyl (C=O) groups excluding carboxylic acids is 1. The van der Waals surface area contributed by atoms with E-state index in [9.17, 15) is 4.79 Å². The number of hydrogen-bond donors (Lipinski definition) is 2. The van der Waals surface area contributed by atoms with Crippen LogP contribution in [0.5, 0.6) is 0 Å². The Morgan fingerprint density at radius 3 is 2.48 bits per heavy atom. The quantitative estimate of drug-likeness (QED) is 0.800. The third-order valence-corrected chi connectivity index (χ3v) is 5.87. The molecule has 0 aliphatic carbocycles. The van der Waals surface area contributed by atoms with Gasteiger partial charge >= 0.3 is 0 Å². The number of imidazole rings is 1. The highest BCUT2D eigenvalue weighted by Gasteiger charge is 2.26. The summed E-state index contributed by atoms with van der Waals surface area (Å²) in [6.07, 6.45) is 6.25. The maximum atomic E-state index is 12.5. The van der Waals surface area contributed by atoms with Gasteiger partial charge in [0.1, 0.15) is 5.82 Å². The summed E-state index contributed by atoms with van der Waals surface area (Å²) in [7, 11) is 0. The van der Waals surface area contributed by atoms with E-state index in [0.717, 1.165) is 74.6 Å². The van der Waals surface area contributed by atoms with E-state index < -0.39 is 0 Å². The van der Waals surface area contributed by atoms with Gasteiger partial charge in [0.05, 0.1) is 11.0 Å². The molecule has 0 bridgehead atoms. The molecule has 2 aliphatic rings. The summed E-state index contributed by atoms with van der Waals surface area (Å²) < 4.78 is 0. The van der Waals surface area contributed by atoms with Crippen molar-refractivity contribution in [3.63, 3.8) is 0 Å². The van der Waals surface area contributed by atoms with Gasteiger partial charge in [0.25, 0.3) is 0 Å². The Hall–Kier alpha value is -1.30. The lowest BCUT2D eigenvalue weighted by molar-refractivity contribution is -0.132. The number of likely N-dealkylation sites (tertiary alicyclic amines) is 1. The summed E-state index contributed by atoms with van der Waals surface area (Å²) in [6.45, 7) is 3.96. The van der Waals surface area contributed by atoms with Crippen molar-refractivity contribution in [3.8, 4) is 0 Å². The molecule has 2 fully saturated rings.